The van der Waals surface area contributed by atoms with Crippen LogP contribution < -0.4 is 10.2 Å². The molecule has 1 fully saturated rings. The second-order valence-corrected chi connectivity index (χ2v) is 6.37. The zero-order chi connectivity index (χ0) is 16.1. The van der Waals surface area contributed by atoms with E-state index in [4.69, 9.17) is 0 Å². The summed E-state index contributed by atoms with van der Waals surface area (Å²) in [7, 11) is 2.11. The van der Waals surface area contributed by atoms with Crippen LogP contribution in [0.1, 0.15) is 4.88 Å². The van der Waals surface area contributed by atoms with E-state index in [1.807, 2.05) is 23.6 Å². The summed E-state index contributed by atoms with van der Waals surface area (Å²) in [5.74, 6) is 1.18. The van der Waals surface area contributed by atoms with Crippen molar-refractivity contribution in [3.8, 4) is 0 Å². The van der Waals surface area contributed by atoms with E-state index in [1.54, 1.807) is 17.4 Å². The van der Waals surface area contributed by atoms with E-state index < -0.39 is 0 Å². The lowest BCUT2D eigenvalue weighted by Crippen LogP contribution is -2.44. The fraction of sp³-hybridized carbons (Fsp3) is 0.312. The van der Waals surface area contributed by atoms with Crippen LogP contribution in [0.3, 0.4) is 0 Å². The Morgan fingerprint density at radius 3 is 2.87 bits per heavy atom. The fourth-order valence-corrected chi connectivity index (χ4v) is 2.95. The van der Waals surface area contributed by atoms with Gasteiger partial charge in [0, 0.05) is 43.2 Å². The molecule has 2 aromatic heterocycles. The molecule has 1 saturated heterocycles. The van der Waals surface area contributed by atoms with Gasteiger partial charge in [-0.1, -0.05) is 6.07 Å². The van der Waals surface area contributed by atoms with E-state index in [0.29, 0.717) is 5.82 Å². The minimum absolute atomic E-state index is 0.193. The Bertz CT molecular complexity index is 678. The van der Waals surface area contributed by atoms with Crippen molar-refractivity contribution in [2.75, 3.05) is 43.4 Å². The number of thiophene rings is 1. The Labute approximate surface area is 139 Å². The molecule has 0 spiro atoms. The van der Waals surface area contributed by atoms with Crippen molar-refractivity contribution in [3.05, 3.63) is 40.9 Å². The van der Waals surface area contributed by atoms with Crippen LogP contribution in [-0.4, -0.2) is 54.0 Å². The molecule has 0 bridgehead atoms. The first kappa shape index (κ1) is 15.6. The van der Waals surface area contributed by atoms with E-state index in [1.165, 1.54) is 12.4 Å². The largest absolute Gasteiger partial charge is 0.354 e. The van der Waals surface area contributed by atoms with E-state index in [2.05, 4.69) is 32.1 Å². The van der Waals surface area contributed by atoms with Gasteiger partial charge < -0.3 is 15.1 Å². The van der Waals surface area contributed by atoms with Gasteiger partial charge in [0.05, 0.1) is 0 Å². The molecule has 0 saturated carbocycles. The monoisotopic (exact) mass is 329 g/mol. The number of carbonyl (C=O) groups is 1. The maximum absolute atomic E-state index is 12.0. The summed E-state index contributed by atoms with van der Waals surface area (Å²) in [6, 6.07) is 5.74. The van der Waals surface area contributed by atoms with Crippen molar-refractivity contribution in [1.29, 1.82) is 0 Å². The number of anilines is 2. The van der Waals surface area contributed by atoms with Crippen molar-refractivity contribution in [3.63, 3.8) is 0 Å². The topological polar surface area (TPSA) is 61.4 Å². The molecule has 120 valence electrons. The predicted octanol–water partition coefficient (Wildman–Crippen LogP) is 1.94. The standard InChI is InChI=1S/C16H19N5OS/c1-20-6-8-21(9-7-20)15-11-14(17-12-18-15)19-16(22)5-4-13-3-2-10-23-13/h2-5,10-12H,6-9H2,1H3,(H,17,18,19,22)/b5-4+. The van der Waals surface area contributed by atoms with E-state index in [0.717, 1.165) is 36.9 Å². The van der Waals surface area contributed by atoms with Crippen molar-refractivity contribution >= 4 is 35.0 Å². The molecule has 1 N–H and O–H groups in total. The average Bonchev–Trinajstić information content (AvgIpc) is 3.07. The van der Waals surface area contributed by atoms with Gasteiger partial charge in [0.2, 0.25) is 5.91 Å². The molecule has 1 aliphatic rings. The van der Waals surface area contributed by atoms with Crippen molar-refractivity contribution in [1.82, 2.24) is 14.9 Å². The van der Waals surface area contributed by atoms with Crippen LogP contribution in [-0.2, 0) is 4.79 Å². The number of hydrogen-bond acceptors (Lipinski definition) is 6. The van der Waals surface area contributed by atoms with Crippen LogP contribution in [0.5, 0.6) is 0 Å². The summed E-state index contributed by atoms with van der Waals surface area (Å²) in [5, 5.41) is 4.76. The molecule has 0 radical (unpaired) electrons. The summed E-state index contributed by atoms with van der Waals surface area (Å²) >= 11 is 1.59. The van der Waals surface area contributed by atoms with Gasteiger partial charge in [-0.15, -0.1) is 11.3 Å². The Morgan fingerprint density at radius 1 is 1.30 bits per heavy atom. The highest BCUT2D eigenvalue weighted by molar-refractivity contribution is 7.10. The zero-order valence-corrected chi connectivity index (χ0v) is 13.8. The number of carbonyl (C=O) groups excluding carboxylic acids is 1. The lowest BCUT2D eigenvalue weighted by molar-refractivity contribution is -0.111. The number of nitrogens with one attached hydrogen (secondary N) is 1. The van der Waals surface area contributed by atoms with E-state index in [9.17, 15) is 4.79 Å². The van der Waals surface area contributed by atoms with Crippen LogP contribution in [0.25, 0.3) is 6.08 Å². The Morgan fingerprint density at radius 2 is 2.13 bits per heavy atom. The third-order valence-electron chi connectivity index (χ3n) is 3.67. The molecule has 1 amide bonds. The zero-order valence-electron chi connectivity index (χ0n) is 13.0. The number of nitrogens with zero attached hydrogens (tertiary/aromatic N) is 4. The quantitative estimate of drug-likeness (QED) is 0.869. The van der Waals surface area contributed by atoms with Gasteiger partial charge in [-0.05, 0) is 24.6 Å². The highest BCUT2D eigenvalue weighted by atomic mass is 32.1. The molecule has 7 heteroatoms. The van der Waals surface area contributed by atoms with Crippen LogP contribution in [0.15, 0.2) is 36.0 Å². The molecule has 0 aliphatic carbocycles. The lowest BCUT2D eigenvalue weighted by Gasteiger charge is -2.33. The molecule has 1 aliphatic heterocycles. The number of rotatable bonds is 4. The summed E-state index contributed by atoms with van der Waals surface area (Å²) < 4.78 is 0. The molecule has 0 unspecified atom stereocenters. The fourth-order valence-electron chi connectivity index (χ4n) is 2.34. The van der Waals surface area contributed by atoms with Crippen LogP contribution >= 0.6 is 11.3 Å². The van der Waals surface area contributed by atoms with E-state index >= 15 is 0 Å². The molecular weight excluding hydrogens is 310 g/mol. The number of hydrogen-bond donors (Lipinski definition) is 1. The molecule has 23 heavy (non-hydrogen) atoms. The van der Waals surface area contributed by atoms with Crippen LogP contribution in [0.2, 0.25) is 0 Å². The first-order valence-corrected chi connectivity index (χ1v) is 8.37. The van der Waals surface area contributed by atoms with Gasteiger partial charge >= 0.3 is 0 Å². The van der Waals surface area contributed by atoms with Gasteiger partial charge in [-0.2, -0.15) is 0 Å². The van der Waals surface area contributed by atoms with Crippen molar-refractivity contribution in [2.45, 2.75) is 0 Å². The summed E-state index contributed by atoms with van der Waals surface area (Å²) in [4.78, 5) is 25.9. The Kier molecular flexibility index (Phi) is 4.99. The second-order valence-electron chi connectivity index (χ2n) is 5.39. The lowest BCUT2D eigenvalue weighted by atomic mass is 10.3. The van der Waals surface area contributed by atoms with Crippen LogP contribution in [0, 0.1) is 0 Å². The summed E-state index contributed by atoms with van der Waals surface area (Å²) in [6.07, 6.45) is 4.80. The Balaban J connectivity index is 1.62. The maximum atomic E-state index is 12.0. The Hall–Kier alpha value is -2.25. The van der Waals surface area contributed by atoms with Gasteiger partial charge in [0.25, 0.3) is 0 Å². The van der Waals surface area contributed by atoms with Crippen LogP contribution in [0.4, 0.5) is 11.6 Å². The SMILES string of the molecule is CN1CCN(c2cc(NC(=O)/C=C/c3cccs3)ncn2)CC1. The first-order chi connectivity index (χ1) is 11.2. The first-order valence-electron chi connectivity index (χ1n) is 7.49. The second kappa shape index (κ2) is 7.34. The van der Waals surface area contributed by atoms with Gasteiger partial charge in [0.1, 0.15) is 18.0 Å². The maximum Gasteiger partial charge on any atom is 0.249 e. The molecule has 6 nitrogen and oxygen atoms in total. The van der Waals surface area contributed by atoms with Gasteiger partial charge in [-0.3, -0.25) is 4.79 Å². The highest BCUT2D eigenvalue weighted by Gasteiger charge is 2.15. The third-order valence-corrected chi connectivity index (χ3v) is 4.51. The number of aromatic nitrogens is 2. The normalized spacial score (nSPS) is 16.0. The summed E-state index contributed by atoms with van der Waals surface area (Å²) in [5.41, 5.74) is 0. The number of likely N-dealkylation sites (N-methyl/N-ethyl adjacent to an activating group) is 1. The molecule has 2 aromatic rings. The minimum atomic E-state index is -0.193. The van der Waals surface area contributed by atoms with Crippen molar-refractivity contribution in [2.24, 2.45) is 0 Å². The third kappa shape index (κ3) is 4.37. The number of piperazine rings is 1. The number of amides is 1. The summed E-state index contributed by atoms with van der Waals surface area (Å²) in [6.45, 7) is 3.88. The average molecular weight is 329 g/mol. The smallest absolute Gasteiger partial charge is 0.249 e. The minimum Gasteiger partial charge on any atom is -0.354 e. The molecular formula is C16H19N5OS. The predicted molar refractivity (Wildman–Crippen MR) is 93.7 cm³/mol. The highest BCUT2D eigenvalue weighted by Crippen LogP contribution is 2.16. The molecule has 0 aromatic carbocycles. The molecule has 3 heterocycles. The van der Waals surface area contributed by atoms with Gasteiger partial charge in [0.15, 0.2) is 0 Å². The molecule has 0 atom stereocenters. The van der Waals surface area contributed by atoms with Crippen molar-refractivity contribution < 1.29 is 4.79 Å². The van der Waals surface area contributed by atoms with Gasteiger partial charge in [-0.25, -0.2) is 9.97 Å². The molecule has 3 rings (SSSR count). The van der Waals surface area contributed by atoms with E-state index in [-0.39, 0.29) is 5.91 Å².